The first-order valence-electron chi connectivity index (χ1n) is 5.25. The van der Waals surface area contributed by atoms with Crippen LogP contribution >= 0.6 is 11.8 Å². The van der Waals surface area contributed by atoms with Crippen LogP contribution in [0.1, 0.15) is 20.3 Å². The molecule has 0 aromatic carbocycles. The highest BCUT2D eigenvalue weighted by molar-refractivity contribution is 8.14. The van der Waals surface area contributed by atoms with E-state index in [0.29, 0.717) is 0 Å². The van der Waals surface area contributed by atoms with Crippen LogP contribution in [-0.2, 0) is 14.4 Å². The fourth-order valence-corrected chi connectivity index (χ4v) is 2.03. The average molecular weight is 274 g/mol. The van der Waals surface area contributed by atoms with Gasteiger partial charge in [0.25, 0.3) is 5.24 Å². The summed E-state index contributed by atoms with van der Waals surface area (Å²) in [5, 5.41) is 10.8. The topological polar surface area (TPSA) is 104 Å². The lowest BCUT2D eigenvalue weighted by atomic mass is 10.1. The molecule has 0 aliphatic carbocycles. The van der Waals surface area contributed by atoms with Crippen molar-refractivity contribution in [1.29, 1.82) is 0 Å². The standard InChI is InChI=1S/C10H14N2O5S/c1-10(2,8(15)16)11-6(13)3-4-12-7(14)5-18-9(12)17/h3-5H2,1-2H3,(H,11,13)(H,15,16). The van der Waals surface area contributed by atoms with E-state index in [-0.39, 0.29) is 29.9 Å². The first kappa shape index (κ1) is 14.5. The molecule has 0 bridgehead atoms. The van der Waals surface area contributed by atoms with Crippen LogP contribution in [0.25, 0.3) is 0 Å². The number of carboxylic acids is 1. The number of rotatable bonds is 5. The molecule has 8 heteroatoms. The Labute approximate surface area is 108 Å². The van der Waals surface area contributed by atoms with Gasteiger partial charge in [0.15, 0.2) is 0 Å². The van der Waals surface area contributed by atoms with Crippen molar-refractivity contribution in [2.45, 2.75) is 25.8 Å². The van der Waals surface area contributed by atoms with Crippen molar-refractivity contribution in [2.75, 3.05) is 12.3 Å². The Hall–Kier alpha value is -1.57. The number of carbonyl (C=O) groups excluding carboxylic acids is 3. The molecule has 0 unspecified atom stereocenters. The van der Waals surface area contributed by atoms with Gasteiger partial charge in [-0.2, -0.15) is 0 Å². The summed E-state index contributed by atoms with van der Waals surface area (Å²) >= 11 is 0.895. The van der Waals surface area contributed by atoms with E-state index in [9.17, 15) is 19.2 Å². The van der Waals surface area contributed by atoms with E-state index in [1.807, 2.05) is 0 Å². The maximum Gasteiger partial charge on any atom is 0.328 e. The second kappa shape index (κ2) is 5.38. The lowest BCUT2D eigenvalue weighted by molar-refractivity contribution is -0.146. The van der Waals surface area contributed by atoms with Gasteiger partial charge in [0.2, 0.25) is 11.8 Å². The highest BCUT2D eigenvalue weighted by Crippen LogP contribution is 2.18. The van der Waals surface area contributed by atoms with Crippen molar-refractivity contribution in [3.8, 4) is 0 Å². The summed E-state index contributed by atoms with van der Waals surface area (Å²) in [5.41, 5.74) is -1.37. The quantitative estimate of drug-likeness (QED) is 0.734. The summed E-state index contributed by atoms with van der Waals surface area (Å²) in [6.07, 6.45) is -0.102. The molecular formula is C10H14N2O5S. The molecule has 100 valence electrons. The molecule has 1 aliphatic rings. The Morgan fingerprint density at radius 1 is 1.44 bits per heavy atom. The molecule has 0 aromatic heterocycles. The van der Waals surface area contributed by atoms with Gasteiger partial charge in [-0.15, -0.1) is 0 Å². The SMILES string of the molecule is CC(C)(NC(=O)CCN1C(=O)CSC1=O)C(=O)O. The number of carboxylic acid groups (broad SMARTS) is 1. The number of imide groups is 1. The Kier molecular flexibility index (Phi) is 4.33. The summed E-state index contributed by atoms with van der Waals surface area (Å²) in [4.78, 5) is 45.8. The number of nitrogens with one attached hydrogen (secondary N) is 1. The van der Waals surface area contributed by atoms with Crippen molar-refractivity contribution in [2.24, 2.45) is 0 Å². The number of hydrogen-bond donors (Lipinski definition) is 2. The summed E-state index contributed by atoms with van der Waals surface area (Å²) in [6.45, 7) is 2.69. The molecule has 3 amide bonds. The zero-order valence-corrected chi connectivity index (χ0v) is 10.9. The predicted octanol–water partition coefficient (Wildman–Crippen LogP) is 0.0513. The zero-order valence-electron chi connectivity index (χ0n) is 10.1. The number of carbonyl (C=O) groups is 4. The van der Waals surface area contributed by atoms with Gasteiger partial charge >= 0.3 is 5.97 Å². The largest absolute Gasteiger partial charge is 0.480 e. The molecule has 0 spiro atoms. The molecule has 7 nitrogen and oxygen atoms in total. The van der Waals surface area contributed by atoms with Crippen LogP contribution in [0.2, 0.25) is 0 Å². The van der Waals surface area contributed by atoms with E-state index < -0.39 is 17.4 Å². The summed E-state index contributed by atoms with van der Waals surface area (Å²) in [7, 11) is 0. The van der Waals surface area contributed by atoms with E-state index in [0.717, 1.165) is 16.7 Å². The number of amides is 3. The second-order valence-electron chi connectivity index (χ2n) is 4.33. The molecule has 1 fully saturated rings. The lowest BCUT2D eigenvalue weighted by Crippen LogP contribution is -2.50. The molecule has 2 N–H and O–H groups in total. The molecule has 1 rings (SSSR count). The third-order valence-electron chi connectivity index (χ3n) is 2.39. The van der Waals surface area contributed by atoms with Crippen molar-refractivity contribution in [3.63, 3.8) is 0 Å². The molecular weight excluding hydrogens is 260 g/mol. The number of aliphatic carboxylic acids is 1. The van der Waals surface area contributed by atoms with Gasteiger partial charge in [-0.05, 0) is 13.8 Å². The van der Waals surface area contributed by atoms with Crippen molar-refractivity contribution in [3.05, 3.63) is 0 Å². The molecule has 1 heterocycles. The maximum atomic E-state index is 11.5. The van der Waals surface area contributed by atoms with Crippen LogP contribution in [0.3, 0.4) is 0 Å². The number of thioether (sulfide) groups is 1. The highest BCUT2D eigenvalue weighted by Gasteiger charge is 2.32. The van der Waals surface area contributed by atoms with Gasteiger partial charge in [0.1, 0.15) is 5.54 Å². The normalized spacial score (nSPS) is 16.0. The maximum absolute atomic E-state index is 11.5. The van der Waals surface area contributed by atoms with Gasteiger partial charge in [-0.25, -0.2) is 4.79 Å². The van der Waals surface area contributed by atoms with Gasteiger partial charge < -0.3 is 10.4 Å². The van der Waals surface area contributed by atoms with Crippen LogP contribution in [-0.4, -0.2) is 50.9 Å². The fraction of sp³-hybridized carbons (Fsp3) is 0.600. The smallest absolute Gasteiger partial charge is 0.328 e. The second-order valence-corrected chi connectivity index (χ2v) is 5.25. The van der Waals surface area contributed by atoms with Gasteiger partial charge in [-0.1, -0.05) is 11.8 Å². The van der Waals surface area contributed by atoms with E-state index in [1.165, 1.54) is 13.8 Å². The van der Waals surface area contributed by atoms with Gasteiger partial charge in [0.05, 0.1) is 5.75 Å². The monoisotopic (exact) mass is 274 g/mol. The Balaban J connectivity index is 2.45. The number of hydrogen-bond acceptors (Lipinski definition) is 5. The van der Waals surface area contributed by atoms with Crippen LogP contribution in [0.5, 0.6) is 0 Å². The fourth-order valence-electron chi connectivity index (χ4n) is 1.27. The third kappa shape index (κ3) is 3.46. The van der Waals surface area contributed by atoms with Crippen molar-refractivity contribution in [1.82, 2.24) is 10.2 Å². The summed E-state index contributed by atoms with van der Waals surface area (Å²) in [5.74, 6) is -1.89. The summed E-state index contributed by atoms with van der Waals surface area (Å²) < 4.78 is 0. The average Bonchev–Trinajstić information content (AvgIpc) is 2.55. The highest BCUT2D eigenvalue weighted by atomic mass is 32.2. The molecule has 1 saturated heterocycles. The Morgan fingerprint density at radius 2 is 2.06 bits per heavy atom. The van der Waals surface area contributed by atoms with Gasteiger partial charge in [-0.3, -0.25) is 19.3 Å². The van der Waals surface area contributed by atoms with Crippen molar-refractivity contribution < 1.29 is 24.3 Å². The Morgan fingerprint density at radius 3 is 2.50 bits per heavy atom. The van der Waals surface area contributed by atoms with Crippen molar-refractivity contribution >= 4 is 34.8 Å². The van der Waals surface area contributed by atoms with Gasteiger partial charge in [0, 0.05) is 13.0 Å². The van der Waals surface area contributed by atoms with Crippen LogP contribution < -0.4 is 5.32 Å². The number of nitrogens with zero attached hydrogens (tertiary/aromatic N) is 1. The van der Waals surface area contributed by atoms with Crippen LogP contribution in [0.15, 0.2) is 0 Å². The molecule has 0 saturated carbocycles. The third-order valence-corrected chi connectivity index (χ3v) is 3.25. The van der Waals surface area contributed by atoms with Crippen LogP contribution in [0.4, 0.5) is 4.79 Å². The van der Waals surface area contributed by atoms with E-state index in [1.54, 1.807) is 0 Å². The van der Waals surface area contributed by atoms with Crippen LogP contribution in [0, 0.1) is 0 Å². The predicted molar refractivity (Wildman–Crippen MR) is 64.0 cm³/mol. The molecule has 0 radical (unpaired) electrons. The van der Waals surface area contributed by atoms with E-state index in [2.05, 4.69) is 5.32 Å². The minimum absolute atomic E-state index is 0.0216. The lowest BCUT2D eigenvalue weighted by Gasteiger charge is -2.21. The Bertz CT molecular complexity index is 391. The minimum atomic E-state index is -1.37. The summed E-state index contributed by atoms with van der Waals surface area (Å²) in [6, 6.07) is 0. The van der Waals surface area contributed by atoms with E-state index in [4.69, 9.17) is 5.11 Å². The molecule has 1 aliphatic heterocycles. The van der Waals surface area contributed by atoms with E-state index >= 15 is 0 Å². The first-order valence-corrected chi connectivity index (χ1v) is 6.24. The minimum Gasteiger partial charge on any atom is -0.480 e. The zero-order chi connectivity index (χ0) is 13.9. The molecule has 0 atom stereocenters. The molecule has 0 aromatic rings. The first-order chi connectivity index (χ1) is 8.24. The molecule has 18 heavy (non-hydrogen) atoms.